The second-order valence-corrected chi connectivity index (χ2v) is 8.75. The van der Waals surface area contributed by atoms with E-state index in [4.69, 9.17) is 4.74 Å². The van der Waals surface area contributed by atoms with Gasteiger partial charge in [-0.3, -0.25) is 0 Å². The summed E-state index contributed by atoms with van der Waals surface area (Å²) in [4.78, 5) is 2.29. The minimum absolute atomic E-state index is 0.00841. The number of aryl methyl sites for hydroxylation is 2. The highest BCUT2D eigenvalue weighted by Gasteiger charge is 2.21. The summed E-state index contributed by atoms with van der Waals surface area (Å²) in [6.07, 6.45) is 0. The Morgan fingerprint density at radius 3 is 2.36 bits per heavy atom. The Bertz CT molecular complexity index is 777. The fourth-order valence-electron chi connectivity index (χ4n) is 2.77. The predicted molar refractivity (Wildman–Crippen MR) is 103 cm³/mol. The van der Waals surface area contributed by atoms with E-state index < -0.39 is 10.0 Å². The minimum atomic E-state index is -3.59. The van der Waals surface area contributed by atoms with E-state index in [1.54, 1.807) is 23.5 Å². The van der Waals surface area contributed by atoms with Crippen molar-refractivity contribution < 1.29 is 13.2 Å². The van der Waals surface area contributed by atoms with Gasteiger partial charge in [-0.05, 0) is 80.5 Å². The third-order valence-electron chi connectivity index (χ3n) is 4.05. The molecular weight excluding hydrogens is 356 g/mol. The van der Waals surface area contributed by atoms with Gasteiger partial charge in [-0.2, -0.15) is 11.3 Å². The molecule has 1 heterocycles. The van der Waals surface area contributed by atoms with Gasteiger partial charge in [-0.25, -0.2) is 13.1 Å². The second kappa shape index (κ2) is 8.31. The van der Waals surface area contributed by atoms with Crippen molar-refractivity contribution in [3.63, 3.8) is 0 Å². The van der Waals surface area contributed by atoms with E-state index >= 15 is 0 Å². The van der Waals surface area contributed by atoms with E-state index in [9.17, 15) is 8.42 Å². The summed E-state index contributed by atoms with van der Waals surface area (Å²) in [6, 6.07) is 5.34. The largest absolute Gasteiger partial charge is 0.493 e. The number of sulfonamides is 1. The molecule has 25 heavy (non-hydrogen) atoms. The van der Waals surface area contributed by atoms with E-state index in [0.29, 0.717) is 13.2 Å². The SMILES string of the molecule is CCOc1c(C)cc(S(=O)(=O)NCC(c2ccsc2)N(C)C)cc1C. The van der Waals surface area contributed by atoms with Crippen molar-refractivity contribution in [2.45, 2.75) is 31.7 Å². The number of nitrogens with zero attached hydrogens (tertiary/aromatic N) is 1. The lowest BCUT2D eigenvalue weighted by Gasteiger charge is -2.24. The Kier molecular flexibility index (Phi) is 6.62. The van der Waals surface area contributed by atoms with Gasteiger partial charge >= 0.3 is 0 Å². The van der Waals surface area contributed by atoms with E-state index in [-0.39, 0.29) is 10.9 Å². The Hall–Kier alpha value is -1.41. The molecule has 0 aliphatic heterocycles. The summed E-state index contributed by atoms with van der Waals surface area (Å²) in [6.45, 7) is 6.52. The molecule has 0 saturated heterocycles. The molecule has 7 heteroatoms. The van der Waals surface area contributed by atoms with Crippen LogP contribution in [0.4, 0.5) is 0 Å². The second-order valence-electron chi connectivity index (χ2n) is 6.21. The van der Waals surface area contributed by atoms with Crippen molar-refractivity contribution in [1.82, 2.24) is 9.62 Å². The number of benzene rings is 1. The Balaban J connectivity index is 2.21. The Morgan fingerprint density at radius 2 is 1.88 bits per heavy atom. The van der Waals surface area contributed by atoms with Gasteiger partial charge in [0, 0.05) is 12.6 Å². The van der Waals surface area contributed by atoms with E-state index in [2.05, 4.69) is 4.72 Å². The van der Waals surface area contributed by atoms with Gasteiger partial charge in [-0.15, -0.1) is 0 Å². The van der Waals surface area contributed by atoms with Gasteiger partial charge in [0.2, 0.25) is 10.0 Å². The first-order valence-corrected chi connectivity index (χ1v) is 10.6. The lowest BCUT2D eigenvalue weighted by molar-refractivity contribution is 0.300. The monoisotopic (exact) mass is 382 g/mol. The van der Waals surface area contributed by atoms with Crippen LogP contribution in [0.15, 0.2) is 33.9 Å². The van der Waals surface area contributed by atoms with Gasteiger partial charge in [0.25, 0.3) is 0 Å². The zero-order valence-corrected chi connectivity index (χ0v) is 17.0. The smallest absolute Gasteiger partial charge is 0.240 e. The molecule has 0 aliphatic rings. The number of hydrogen-bond acceptors (Lipinski definition) is 5. The molecule has 0 bridgehead atoms. The zero-order chi connectivity index (χ0) is 18.6. The van der Waals surface area contributed by atoms with Gasteiger partial charge in [0.15, 0.2) is 0 Å². The highest BCUT2D eigenvalue weighted by atomic mass is 32.2. The average molecular weight is 383 g/mol. The predicted octanol–water partition coefficient (Wildman–Crippen LogP) is 3.34. The minimum Gasteiger partial charge on any atom is -0.493 e. The fraction of sp³-hybridized carbons (Fsp3) is 0.444. The van der Waals surface area contributed by atoms with Crippen LogP contribution in [0.25, 0.3) is 0 Å². The van der Waals surface area contributed by atoms with Crippen LogP contribution in [0.5, 0.6) is 5.75 Å². The summed E-state index contributed by atoms with van der Waals surface area (Å²) in [5.74, 6) is 0.755. The maximum absolute atomic E-state index is 12.7. The lowest BCUT2D eigenvalue weighted by atomic mass is 10.1. The summed E-state index contributed by atoms with van der Waals surface area (Å²) in [5.41, 5.74) is 2.75. The van der Waals surface area contributed by atoms with Crippen LogP contribution >= 0.6 is 11.3 Å². The molecule has 1 atom stereocenters. The summed E-state index contributed by atoms with van der Waals surface area (Å²) in [7, 11) is 0.307. The van der Waals surface area contributed by atoms with Crippen molar-refractivity contribution in [1.29, 1.82) is 0 Å². The van der Waals surface area contributed by atoms with Gasteiger partial charge < -0.3 is 9.64 Å². The molecule has 2 rings (SSSR count). The average Bonchev–Trinajstić information content (AvgIpc) is 3.04. The highest BCUT2D eigenvalue weighted by Crippen LogP contribution is 2.27. The molecule has 2 aromatic rings. The van der Waals surface area contributed by atoms with E-state index in [1.807, 2.05) is 56.6 Å². The van der Waals surface area contributed by atoms with Crippen LogP contribution in [-0.2, 0) is 10.0 Å². The van der Waals surface area contributed by atoms with Crippen LogP contribution in [0.1, 0.15) is 29.7 Å². The first-order chi connectivity index (χ1) is 11.8. The normalized spacial score (nSPS) is 13.2. The molecule has 0 fully saturated rings. The van der Waals surface area contributed by atoms with Gasteiger partial charge in [-0.1, -0.05) is 0 Å². The molecule has 0 saturated carbocycles. The van der Waals surface area contributed by atoms with Crippen LogP contribution in [0, 0.1) is 13.8 Å². The Labute approximate surface area is 154 Å². The first kappa shape index (κ1) is 19.9. The number of thiophene rings is 1. The number of nitrogens with one attached hydrogen (secondary N) is 1. The topological polar surface area (TPSA) is 58.6 Å². The number of hydrogen-bond donors (Lipinski definition) is 1. The summed E-state index contributed by atoms with van der Waals surface area (Å²) in [5, 5.41) is 4.05. The molecule has 0 amide bonds. The molecule has 0 aliphatic carbocycles. The first-order valence-electron chi connectivity index (χ1n) is 8.18. The van der Waals surface area contributed by atoms with Crippen molar-refractivity contribution in [3.8, 4) is 5.75 Å². The fourth-order valence-corrected chi connectivity index (χ4v) is 4.69. The number of rotatable bonds is 8. The highest BCUT2D eigenvalue weighted by molar-refractivity contribution is 7.89. The summed E-state index contributed by atoms with van der Waals surface area (Å²) < 4.78 is 33.8. The maximum atomic E-state index is 12.7. The van der Waals surface area contributed by atoms with Crippen LogP contribution < -0.4 is 9.46 Å². The van der Waals surface area contributed by atoms with E-state index in [0.717, 1.165) is 22.4 Å². The molecule has 138 valence electrons. The third-order valence-corrected chi connectivity index (χ3v) is 6.16. The summed E-state index contributed by atoms with van der Waals surface area (Å²) >= 11 is 1.61. The van der Waals surface area contributed by atoms with Crippen molar-refractivity contribution in [2.24, 2.45) is 0 Å². The van der Waals surface area contributed by atoms with Crippen LogP contribution in [0.3, 0.4) is 0 Å². The maximum Gasteiger partial charge on any atom is 0.240 e. The standard InChI is InChI=1S/C18H26N2O3S2/c1-6-23-18-13(2)9-16(10-14(18)3)25(21,22)19-11-17(20(4)5)15-7-8-24-12-15/h7-10,12,17,19H,6,11H2,1-5H3. The van der Waals surface area contributed by atoms with Crippen LogP contribution in [-0.4, -0.2) is 40.6 Å². The van der Waals surface area contributed by atoms with Gasteiger partial charge in [0.1, 0.15) is 5.75 Å². The molecule has 0 spiro atoms. The molecule has 1 N–H and O–H groups in total. The molecule has 1 unspecified atom stereocenters. The third kappa shape index (κ3) is 4.82. The zero-order valence-electron chi connectivity index (χ0n) is 15.4. The molecule has 1 aromatic heterocycles. The molecule has 0 radical (unpaired) electrons. The lowest BCUT2D eigenvalue weighted by Crippen LogP contribution is -2.34. The van der Waals surface area contributed by atoms with Crippen molar-refractivity contribution in [3.05, 3.63) is 45.6 Å². The Morgan fingerprint density at radius 1 is 1.24 bits per heavy atom. The number of ether oxygens (including phenoxy) is 1. The van der Waals surface area contributed by atoms with Gasteiger partial charge in [0.05, 0.1) is 11.5 Å². The van der Waals surface area contributed by atoms with E-state index in [1.165, 1.54) is 0 Å². The van der Waals surface area contributed by atoms with Crippen molar-refractivity contribution in [2.75, 3.05) is 27.2 Å². The molecule has 5 nitrogen and oxygen atoms in total. The molecular formula is C18H26N2O3S2. The quantitative estimate of drug-likeness (QED) is 0.761. The number of likely N-dealkylation sites (N-methyl/N-ethyl adjacent to an activating group) is 1. The van der Waals surface area contributed by atoms with Crippen molar-refractivity contribution >= 4 is 21.4 Å². The van der Waals surface area contributed by atoms with Crippen LogP contribution in [0.2, 0.25) is 0 Å². The molecule has 1 aromatic carbocycles.